The van der Waals surface area contributed by atoms with Crippen LogP contribution in [0.5, 0.6) is 11.5 Å². The average molecular weight is 290 g/mol. The highest BCUT2D eigenvalue weighted by molar-refractivity contribution is 5.75. The number of benzene rings is 1. The van der Waals surface area contributed by atoms with Crippen molar-refractivity contribution in [1.29, 1.82) is 0 Å². The van der Waals surface area contributed by atoms with Crippen molar-refractivity contribution in [3.05, 3.63) is 47.9 Å². The Labute approximate surface area is 122 Å². The number of methoxy groups -OCH3 is 1. The third-order valence-electron chi connectivity index (χ3n) is 2.83. The van der Waals surface area contributed by atoms with Gasteiger partial charge >= 0.3 is 0 Å². The van der Waals surface area contributed by atoms with Gasteiger partial charge in [0.15, 0.2) is 18.1 Å². The maximum atomic E-state index is 10.9. The largest absolute Gasteiger partial charge is 0.493 e. The molecule has 0 unspecified atom stereocenters. The molecule has 0 saturated heterocycles. The zero-order valence-corrected chi connectivity index (χ0v) is 11.8. The third kappa shape index (κ3) is 4.25. The number of para-hydroxylation sites is 1. The average Bonchev–Trinajstić information content (AvgIpc) is 2.98. The van der Waals surface area contributed by atoms with Crippen LogP contribution in [-0.2, 0) is 17.9 Å². The minimum atomic E-state index is -0.532. The van der Waals surface area contributed by atoms with Crippen LogP contribution in [0.4, 0.5) is 0 Å². The van der Waals surface area contributed by atoms with Gasteiger partial charge in [-0.1, -0.05) is 12.1 Å². The van der Waals surface area contributed by atoms with E-state index in [1.54, 1.807) is 19.4 Å². The summed E-state index contributed by atoms with van der Waals surface area (Å²) in [4.78, 5) is 10.9. The van der Waals surface area contributed by atoms with Gasteiger partial charge < -0.3 is 24.9 Å². The highest BCUT2D eigenvalue weighted by atomic mass is 16.5. The highest BCUT2D eigenvalue weighted by Gasteiger charge is 2.11. The second-order valence-corrected chi connectivity index (χ2v) is 4.39. The molecule has 0 aliphatic heterocycles. The van der Waals surface area contributed by atoms with Crippen LogP contribution in [0.2, 0.25) is 0 Å². The first-order valence-electron chi connectivity index (χ1n) is 6.50. The monoisotopic (exact) mass is 290 g/mol. The predicted octanol–water partition coefficient (Wildman–Crippen LogP) is 1.44. The molecule has 2 aromatic rings. The van der Waals surface area contributed by atoms with Crippen LogP contribution in [-0.4, -0.2) is 19.6 Å². The number of carbonyl (C=O) groups excluding carboxylic acids is 1. The van der Waals surface area contributed by atoms with E-state index >= 15 is 0 Å². The number of carbonyl (C=O) groups is 1. The molecule has 0 aliphatic rings. The lowest BCUT2D eigenvalue weighted by Gasteiger charge is -2.14. The topological polar surface area (TPSA) is 86.7 Å². The zero-order valence-electron chi connectivity index (χ0n) is 11.8. The second kappa shape index (κ2) is 7.35. The van der Waals surface area contributed by atoms with Crippen molar-refractivity contribution in [3.63, 3.8) is 0 Å². The first-order chi connectivity index (χ1) is 10.2. The molecule has 3 N–H and O–H groups in total. The fourth-order valence-electron chi connectivity index (χ4n) is 1.90. The van der Waals surface area contributed by atoms with Crippen LogP contribution in [0.3, 0.4) is 0 Å². The summed E-state index contributed by atoms with van der Waals surface area (Å²) in [6, 6.07) is 9.26. The third-order valence-corrected chi connectivity index (χ3v) is 2.83. The first-order valence-corrected chi connectivity index (χ1v) is 6.50. The number of furan rings is 1. The van der Waals surface area contributed by atoms with Gasteiger partial charge in [-0.3, -0.25) is 4.79 Å². The molecule has 21 heavy (non-hydrogen) atoms. The Balaban J connectivity index is 2.04. The van der Waals surface area contributed by atoms with Gasteiger partial charge in [-0.15, -0.1) is 0 Å². The van der Waals surface area contributed by atoms with E-state index in [1.165, 1.54) is 0 Å². The van der Waals surface area contributed by atoms with Crippen LogP contribution < -0.4 is 20.5 Å². The van der Waals surface area contributed by atoms with E-state index in [4.69, 9.17) is 19.6 Å². The van der Waals surface area contributed by atoms with Gasteiger partial charge in [-0.2, -0.15) is 0 Å². The number of primary amides is 1. The van der Waals surface area contributed by atoms with Gasteiger partial charge in [-0.25, -0.2) is 0 Å². The van der Waals surface area contributed by atoms with E-state index in [2.05, 4.69) is 5.32 Å². The minimum Gasteiger partial charge on any atom is -0.493 e. The number of ether oxygens (including phenoxy) is 2. The fourth-order valence-corrected chi connectivity index (χ4v) is 1.90. The lowest BCUT2D eigenvalue weighted by molar-refractivity contribution is -0.119. The molecule has 0 bridgehead atoms. The molecule has 1 heterocycles. The van der Waals surface area contributed by atoms with E-state index in [0.717, 1.165) is 11.3 Å². The summed E-state index contributed by atoms with van der Waals surface area (Å²) in [7, 11) is 1.55. The lowest BCUT2D eigenvalue weighted by atomic mass is 10.2. The molecular formula is C15H18N2O4. The molecule has 6 heteroatoms. The smallest absolute Gasteiger partial charge is 0.255 e. The summed E-state index contributed by atoms with van der Waals surface area (Å²) in [5.41, 5.74) is 5.99. The summed E-state index contributed by atoms with van der Waals surface area (Å²) in [6.45, 7) is 0.955. The number of hydrogen-bond donors (Lipinski definition) is 2. The minimum absolute atomic E-state index is 0.189. The Bertz CT molecular complexity index is 581. The predicted molar refractivity (Wildman–Crippen MR) is 76.9 cm³/mol. The van der Waals surface area contributed by atoms with Crippen LogP contribution >= 0.6 is 0 Å². The Hall–Kier alpha value is -2.47. The highest BCUT2D eigenvalue weighted by Crippen LogP contribution is 2.31. The maximum Gasteiger partial charge on any atom is 0.255 e. The Morgan fingerprint density at radius 3 is 2.81 bits per heavy atom. The quantitative estimate of drug-likeness (QED) is 0.768. The summed E-state index contributed by atoms with van der Waals surface area (Å²) in [5, 5.41) is 3.24. The standard InChI is InChI=1S/C15H18N2O4/c1-19-13-6-2-4-11(15(13)21-10-14(16)18)8-17-9-12-5-3-7-20-12/h2-7,17H,8-10H2,1H3,(H2,16,18). The van der Waals surface area contributed by atoms with Gasteiger partial charge in [0.2, 0.25) is 0 Å². The molecule has 6 nitrogen and oxygen atoms in total. The molecule has 0 saturated carbocycles. The molecule has 0 fully saturated rings. The molecule has 112 valence electrons. The number of hydrogen-bond acceptors (Lipinski definition) is 5. The molecule has 0 radical (unpaired) electrons. The molecular weight excluding hydrogens is 272 g/mol. The molecule has 0 spiro atoms. The van der Waals surface area contributed by atoms with Gasteiger partial charge in [0.05, 0.1) is 19.9 Å². The first kappa shape index (κ1) is 14.9. The van der Waals surface area contributed by atoms with Crippen molar-refractivity contribution in [3.8, 4) is 11.5 Å². The van der Waals surface area contributed by atoms with Crippen LogP contribution in [0.15, 0.2) is 41.0 Å². The summed E-state index contributed by atoms with van der Waals surface area (Å²) in [6.07, 6.45) is 1.63. The summed E-state index contributed by atoms with van der Waals surface area (Å²) in [5.74, 6) is 1.40. The molecule has 0 atom stereocenters. The van der Waals surface area contributed by atoms with Crippen molar-refractivity contribution in [2.45, 2.75) is 13.1 Å². The number of nitrogens with two attached hydrogens (primary N) is 1. The summed E-state index contributed by atoms with van der Waals surface area (Å²) < 4.78 is 15.9. The number of rotatable bonds is 8. The normalized spacial score (nSPS) is 10.3. The zero-order chi connectivity index (χ0) is 15.1. The maximum absolute atomic E-state index is 10.9. The number of nitrogens with one attached hydrogen (secondary N) is 1. The van der Waals surface area contributed by atoms with Crippen LogP contribution in [0.25, 0.3) is 0 Å². The van der Waals surface area contributed by atoms with Crippen molar-refractivity contribution in [1.82, 2.24) is 5.32 Å². The van der Waals surface area contributed by atoms with Crippen LogP contribution in [0.1, 0.15) is 11.3 Å². The van der Waals surface area contributed by atoms with Gasteiger partial charge in [0.1, 0.15) is 5.76 Å². The molecule has 1 amide bonds. The van der Waals surface area contributed by atoms with Gasteiger partial charge in [0, 0.05) is 12.1 Å². The molecule has 1 aromatic heterocycles. The van der Waals surface area contributed by atoms with E-state index in [9.17, 15) is 4.79 Å². The molecule has 1 aromatic carbocycles. The van der Waals surface area contributed by atoms with Crippen molar-refractivity contribution in [2.24, 2.45) is 5.73 Å². The van der Waals surface area contributed by atoms with E-state index in [1.807, 2.05) is 24.3 Å². The molecule has 0 aliphatic carbocycles. The van der Waals surface area contributed by atoms with E-state index < -0.39 is 5.91 Å². The Morgan fingerprint density at radius 2 is 2.14 bits per heavy atom. The van der Waals surface area contributed by atoms with Gasteiger partial charge in [-0.05, 0) is 18.2 Å². The van der Waals surface area contributed by atoms with Crippen LogP contribution in [0, 0.1) is 0 Å². The fraction of sp³-hybridized carbons (Fsp3) is 0.267. The van der Waals surface area contributed by atoms with Gasteiger partial charge in [0.25, 0.3) is 5.91 Å². The lowest BCUT2D eigenvalue weighted by Crippen LogP contribution is -2.21. The Kier molecular flexibility index (Phi) is 5.22. The Morgan fingerprint density at radius 1 is 1.29 bits per heavy atom. The molecule has 2 rings (SSSR count). The van der Waals surface area contributed by atoms with E-state index in [0.29, 0.717) is 24.6 Å². The van der Waals surface area contributed by atoms with E-state index in [-0.39, 0.29) is 6.61 Å². The van der Waals surface area contributed by atoms with Crippen molar-refractivity contribution in [2.75, 3.05) is 13.7 Å². The second-order valence-electron chi connectivity index (χ2n) is 4.39. The SMILES string of the molecule is COc1cccc(CNCc2ccco2)c1OCC(N)=O. The van der Waals surface area contributed by atoms with Crippen molar-refractivity contribution < 1.29 is 18.7 Å². The number of amides is 1. The van der Waals surface area contributed by atoms with Crippen molar-refractivity contribution >= 4 is 5.91 Å². The summed E-state index contributed by atoms with van der Waals surface area (Å²) >= 11 is 0.